The highest BCUT2D eigenvalue weighted by Gasteiger charge is 2.23. The van der Waals surface area contributed by atoms with E-state index in [0.717, 1.165) is 0 Å². The van der Waals surface area contributed by atoms with Crippen molar-refractivity contribution in [3.63, 3.8) is 0 Å². The summed E-state index contributed by atoms with van der Waals surface area (Å²) in [6.45, 7) is 4.27. The molecule has 0 fully saturated rings. The lowest BCUT2D eigenvalue weighted by Gasteiger charge is -2.08. The molecule has 0 radical (unpaired) electrons. The first kappa shape index (κ1) is 18.9. The number of ether oxygens (including phenoxy) is 2. The standard InChI is InChI=1S/C18H21ClN2O4/c1-4-14-15(18(23)24-3)11(2)16(21-14)17(22)20-9-10-25-13-7-5-12(19)6-8-13/h5-8,21H,4,9-10H2,1-3H3,(H,20,22). The van der Waals surface area contributed by atoms with Gasteiger partial charge in [-0.2, -0.15) is 0 Å². The molecule has 25 heavy (non-hydrogen) atoms. The van der Waals surface area contributed by atoms with Gasteiger partial charge < -0.3 is 19.8 Å². The molecule has 0 aliphatic heterocycles. The Morgan fingerprint density at radius 3 is 2.52 bits per heavy atom. The maximum atomic E-state index is 12.3. The van der Waals surface area contributed by atoms with Crippen LogP contribution < -0.4 is 10.1 Å². The smallest absolute Gasteiger partial charge is 0.339 e. The second-order valence-corrected chi connectivity index (χ2v) is 5.82. The van der Waals surface area contributed by atoms with E-state index in [1.54, 1.807) is 31.2 Å². The van der Waals surface area contributed by atoms with E-state index in [9.17, 15) is 9.59 Å². The summed E-state index contributed by atoms with van der Waals surface area (Å²) in [6, 6.07) is 6.99. The minimum atomic E-state index is -0.448. The lowest BCUT2D eigenvalue weighted by Crippen LogP contribution is -2.29. The van der Waals surface area contributed by atoms with E-state index >= 15 is 0 Å². The van der Waals surface area contributed by atoms with Gasteiger partial charge in [-0.1, -0.05) is 18.5 Å². The molecule has 0 aliphatic carbocycles. The Kier molecular flexibility index (Phi) is 6.47. The van der Waals surface area contributed by atoms with Crippen molar-refractivity contribution < 1.29 is 19.1 Å². The van der Waals surface area contributed by atoms with E-state index < -0.39 is 5.97 Å². The summed E-state index contributed by atoms with van der Waals surface area (Å²) in [5, 5.41) is 3.40. The average molecular weight is 365 g/mol. The molecule has 2 N–H and O–H groups in total. The van der Waals surface area contributed by atoms with Crippen LogP contribution in [0.1, 0.15) is 39.0 Å². The lowest BCUT2D eigenvalue weighted by atomic mass is 10.1. The van der Waals surface area contributed by atoms with E-state index in [0.29, 0.717) is 52.9 Å². The van der Waals surface area contributed by atoms with Gasteiger partial charge in [-0.05, 0) is 43.2 Å². The van der Waals surface area contributed by atoms with Crippen molar-refractivity contribution in [1.29, 1.82) is 0 Å². The van der Waals surface area contributed by atoms with Crippen LogP contribution in [0.2, 0.25) is 5.02 Å². The van der Waals surface area contributed by atoms with E-state index in [2.05, 4.69) is 10.3 Å². The van der Waals surface area contributed by atoms with Crippen LogP contribution in [0, 0.1) is 6.92 Å². The van der Waals surface area contributed by atoms with E-state index in [1.807, 2.05) is 6.92 Å². The molecule has 134 valence electrons. The number of halogens is 1. The first-order valence-electron chi connectivity index (χ1n) is 7.94. The SMILES string of the molecule is CCc1[nH]c(C(=O)NCCOc2ccc(Cl)cc2)c(C)c1C(=O)OC. The lowest BCUT2D eigenvalue weighted by molar-refractivity contribution is 0.0599. The topological polar surface area (TPSA) is 80.4 Å². The summed E-state index contributed by atoms with van der Waals surface area (Å²) >= 11 is 5.81. The molecule has 6 nitrogen and oxygen atoms in total. The number of carbonyl (C=O) groups is 2. The van der Waals surface area contributed by atoms with Gasteiger partial charge in [0.2, 0.25) is 0 Å². The van der Waals surface area contributed by atoms with Crippen molar-refractivity contribution in [2.45, 2.75) is 20.3 Å². The second kappa shape index (κ2) is 8.58. The maximum absolute atomic E-state index is 12.3. The number of hydrogen-bond acceptors (Lipinski definition) is 4. The molecule has 0 atom stereocenters. The van der Waals surface area contributed by atoms with Crippen molar-refractivity contribution in [1.82, 2.24) is 10.3 Å². The fourth-order valence-corrected chi connectivity index (χ4v) is 2.61. The fourth-order valence-electron chi connectivity index (χ4n) is 2.48. The molecule has 0 saturated carbocycles. The van der Waals surface area contributed by atoms with Crippen LogP contribution in [-0.2, 0) is 11.2 Å². The van der Waals surface area contributed by atoms with Crippen LogP contribution in [0.4, 0.5) is 0 Å². The minimum absolute atomic E-state index is 0.290. The molecular weight excluding hydrogens is 344 g/mol. The Bertz CT molecular complexity index is 753. The van der Waals surface area contributed by atoms with Crippen LogP contribution >= 0.6 is 11.6 Å². The summed E-state index contributed by atoms with van der Waals surface area (Å²) < 4.78 is 10.3. The maximum Gasteiger partial charge on any atom is 0.339 e. The molecule has 7 heteroatoms. The largest absolute Gasteiger partial charge is 0.492 e. The van der Waals surface area contributed by atoms with E-state index in [-0.39, 0.29) is 5.91 Å². The molecule has 0 bridgehead atoms. The van der Waals surface area contributed by atoms with Crippen molar-refractivity contribution in [3.8, 4) is 5.75 Å². The zero-order chi connectivity index (χ0) is 18.4. The van der Waals surface area contributed by atoms with Gasteiger partial charge in [-0.15, -0.1) is 0 Å². The van der Waals surface area contributed by atoms with Crippen molar-refractivity contribution in [2.75, 3.05) is 20.3 Å². The zero-order valence-electron chi connectivity index (χ0n) is 14.4. The third kappa shape index (κ3) is 4.54. The van der Waals surface area contributed by atoms with Gasteiger partial charge in [0.15, 0.2) is 0 Å². The third-order valence-electron chi connectivity index (χ3n) is 3.77. The van der Waals surface area contributed by atoms with Crippen LogP contribution in [0.5, 0.6) is 5.75 Å². The van der Waals surface area contributed by atoms with Crippen molar-refractivity contribution in [2.24, 2.45) is 0 Å². The van der Waals surface area contributed by atoms with Crippen molar-refractivity contribution in [3.05, 3.63) is 51.8 Å². The van der Waals surface area contributed by atoms with Crippen molar-refractivity contribution >= 4 is 23.5 Å². The molecule has 1 amide bonds. The predicted octanol–water partition coefficient (Wildman–Crippen LogP) is 3.13. The Labute approximate surface area is 151 Å². The Balaban J connectivity index is 1.95. The van der Waals surface area contributed by atoms with Gasteiger partial charge in [0, 0.05) is 10.7 Å². The number of rotatable bonds is 7. The van der Waals surface area contributed by atoms with Gasteiger partial charge in [0.25, 0.3) is 5.91 Å². The van der Waals surface area contributed by atoms with Gasteiger partial charge in [-0.25, -0.2) is 4.79 Å². The molecule has 0 aliphatic rings. The number of benzene rings is 1. The quantitative estimate of drug-likeness (QED) is 0.584. The second-order valence-electron chi connectivity index (χ2n) is 5.38. The number of esters is 1. The van der Waals surface area contributed by atoms with Crippen LogP contribution in [0.25, 0.3) is 0 Å². The van der Waals surface area contributed by atoms with Crippen LogP contribution in [-0.4, -0.2) is 37.1 Å². The molecule has 2 aromatic rings. The van der Waals surface area contributed by atoms with E-state index in [1.165, 1.54) is 7.11 Å². The normalized spacial score (nSPS) is 10.4. The Morgan fingerprint density at radius 2 is 1.92 bits per heavy atom. The number of amides is 1. The molecule has 0 saturated heterocycles. The molecule has 1 aromatic heterocycles. The first-order valence-corrected chi connectivity index (χ1v) is 8.32. The van der Waals surface area contributed by atoms with Crippen LogP contribution in [0.3, 0.4) is 0 Å². The monoisotopic (exact) mass is 364 g/mol. The highest BCUT2D eigenvalue weighted by Crippen LogP contribution is 2.20. The Hall–Kier alpha value is -2.47. The average Bonchev–Trinajstić information content (AvgIpc) is 2.96. The molecular formula is C18H21ClN2O4. The number of nitrogens with one attached hydrogen (secondary N) is 2. The summed E-state index contributed by atoms with van der Waals surface area (Å²) in [6.07, 6.45) is 0.595. The van der Waals surface area contributed by atoms with Gasteiger partial charge in [0.05, 0.1) is 19.2 Å². The van der Waals surface area contributed by atoms with Gasteiger partial charge >= 0.3 is 5.97 Å². The molecule has 1 heterocycles. The van der Waals surface area contributed by atoms with Gasteiger partial charge in [0.1, 0.15) is 18.1 Å². The zero-order valence-corrected chi connectivity index (χ0v) is 15.2. The number of methoxy groups -OCH3 is 1. The minimum Gasteiger partial charge on any atom is -0.492 e. The van der Waals surface area contributed by atoms with E-state index in [4.69, 9.17) is 21.1 Å². The number of aromatic amines is 1. The van der Waals surface area contributed by atoms with Crippen LogP contribution in [0.15, 0.2) is 24.3 Å². The number of carbonyl (C=O) groups excluding carboxylic acids is 2. The number of H-pyrrole nitrogens is 1. The number of aryl methyl sites for hydroxylation is 1. The van der Waals surface area contributed by atoms with Gasteiger partial charge in [-0.3, -0.25) is 4.79 Å². The summed E-state index contributed by atoms with van der Waals surface area (Å²) in [7, 11) is 1.32. The summed E-state index contributed by atoms with van der Waals surface area (Å²) in [5.41, 5.74) is 2.06. The summed E-state index contributed by atoms with van der Waals surface area (Å²) in [5.74, 6) is -0.0614. The predicted molar refractivity (Wildman–Crippen MR) is 95.5 cm³/mol. The highest BCUT2D eigenvalue weighted by molar-refractivity contribution is 6.30. The third-order valence-corrected chi connectivity index (χ3v) is 4.02. The molecule has 0 unspecified atom stereocenters. The highest BCUT2D eigenvalue weighted by atomic mass is 35.5. The molecule has 0 spiro atoms. The number of aromatic nitrogens is 1. The Morgan fingerprint density at radius 1 is 1.24 bits per heavy atom. The molecule has 2 rings (SSSR count). The fraction of sp³-hybridized carbons (Fsp3) is 0.333. The first-order chi connectivity index (χ1) is 12.0. The summed E-state index contributed by atoms with van der Waals surface area (Å²) in [4.78, 5) is 27.2. The molecule has 1 aromatic carbocycles. The number of hydrogen-bond donors (Lipinski definition) is 2.